The lowest BCUT2D eigenvalue weighted by atomic mass is 10.1. The van der Waals surface area contributed by atoms with Crippen LogP contribution in [0.2, 0.25) is 0 Å². The van der Waals surface area contributed by atoms with Gasteiger partial charge >= 0.3 is 6.36 Å². The predicted octanol–water partition coefficient (Wildman–Crippen LogP) is 5.20. The van der Waals surface area contributed by atoms with Gasteiger partial charge in [-0.15, -0.1) is 13.2 Å². The second-order valence-electron chi connectivity index (χ2n) is 5.40. The van der Waals surface area contributed by atoms with Gasteiger partial charge in [0.25, 0.3) is 0 Å². The van der Waals surface area contributed by atoms with E-state index in [9.17, 15) is 13.2 Å². The number of hydrogen-bond donors (Lipinski definition) is 1. The summed E-state index contributed by atoms with van der Waals surface area (Å²) < 4.78 is 40.1. The monoisotopic (exact) mass is 303 g/mol. The number of rotatable bonds is 8. The average Bonchev–Trinajstić information content (AvgIpc) is 2.38. The molecule has 21 heavy (non-hydrogen) atoms. The fraction of sp³-hybridized carbons (Fsp3) is 0.625. The van der Waals surface area contributed by atoms with Crippen molar-refractivity contribution in [2.24, 2.45) is 0 Å². The van der Waals surface area contributed by atoms with Crippen LogP contribution in [-0.4, -0.2) is 12.4 Å². The Morgan fingerprint density at radius 3 is 2.24 bits per heavy atom. The molecule has 0 fully saturated rings. The molecule has 0 heterocycles. The second-order valence-corrected chi connectivity index (χ2v) is 5.40. The summed E-state index contributed by atoms with van der Waals surface area (Å²) in [6.45, 7) is 6.31. The Bertz CT molecular complexity index is 403. The van der Waals surface area contributed by atoms with Gasteiger partial charge in [0.15, 0.2) is 0 Å². The Morgan fingerprint density at radius 1 is 1.10 bits per heavy atom. The number of halogens is 3. The molecule has 0 aromatic heterocycles. The van der Waals surface area contributed by atoms with E-state index in [0.29, 0.717) is 6.04 Å². The highest BCUT2D eigenvalue weighted by Gasteiger charge is 2.31. The zero-order chi connectivity index (χ0) is 15.9. The summed E-state index contributed by atoms with van der Waals surface area (Å²) in [5, 5.41) is 3.46. The van der Waals surface area contributed by atoms with E-state index in [1.54, 1.807) is 12.1 Å². The van der Waals surface area contributed by atoms with Crippen LogP contribution >= 0.6 is 0 Å². The molecule has 1 aromatic carbocycles. The molecule has 1 rings (SSSR count). The van der Waals surface area contributed by atoms with Gasteiger partial charge in [0, 0.05) is 12.1 Å². The van der Waals surface area contributed by atoms with Gasteiger partial charge in [0.05, 0.1) is 0 Å². The first-order valence-electron chi connectivity index (χ1n) is 7.43. The van der Waals surface area contributed by atoms with E-state index in [1.165, 1.54) is 31.4 Å². The lowest BCUT2D eigenvalue weighted by Crippen LogP contribution is -2.28. The molecular weight excluding hydrogens is 279 g/mol. The van der Waals surface area contributed by atoms with Crippen LogP contribution in [0, 0.1) is 0 Å². The van der Waals surface area contributed by atoms with Crippen LogP contribution in [0.25, 0.3) is 0 Å². The normalized spacial score (nSPS) is 14.8. The zero-order valence-electron chi connectivity index (χ0n) is 12.8. The summed E-state index contributed by atoms with van der Waals surface area (Å²) >= 11 is 0. The minimum absolute atomic E-state index is 0.0987. The molecule has 0 radical (unpaired) electrons. The summed E-state index contributed by atoms with van der Waals surface area (Å²) in [5.41, 5.74) is 0.951. The molecule has 0 spiro atoms. The third kappa shape index (κ3) is 7.37. The number of ether oxygens (including phenoxy) is 1. The van der Waals surface area contributed by atoms with Gasteiger partial charge in [-0.05, 0) is 38.0 Å². The second kappa shape index (κ2) is 8.27. The van der Waals surface area contributed by atoms with Crippen LogP contribution in [0.1, 0.15) is 58.1 Å². The van der Waals surface area contributed by atoms with E-state index >= 15 is 0 Å². The van der Waals surface area contributed by atoms with E-state index in [-0.39, 0.29) is 11.8 Å². The SMILES string of the molecule is CCCCCC(C)NC(C)c1ccc(OC(F)(F)F)cc1. The number of hydrogen-bond acceptors (Lipinski definition) is 2. The van der Waals surface area contributed by atoms with Crippen molar-refractivity contribution in [3.05, 3.63) is 29.8 Å². The molecule has 1 N–H and O–H groups in total. The summed E-state index contributed by atoms with van der Waals surface area (Å²) in [7, 11) is 0. The van der Waals surface area contributed by atoms with E-state index in [2.05, 4.69) is 23.9 Å². The summed E-state index contributed by atoms with van der Waals surface area (Å²) in [6.07, 6.45) is 0.0786. The highest BCUT2D eigenvalue weighted by atomic mass is 19.4. The maximum Gasteiger partial charge on any atom is 0.573 e. The van der Waals surface area contributed by atoms with E-state index in [1.807, 2.05) is 6.92 Å². The summed E-state index contributed by atoms with van der Waals surface area (Å²) in [4.78, 5) is 0. The van der Waals surface area contributed by atoms with Gasteiger partial charge < -0.3 is 10.1 Å². The molecule has 0 saturated heterocycles. The van der Waals surface area contributed by atoms with E-state index in [0.717, 1.165) is 12.0 Å². The molecule has 5 heteroatoms. The van der Waals surface area contributed by atoms with Gasteiger partial charge in [-0.2, -0.15) is 0 Å². The van der Waals surface area contributed by atoms with Crippen molar-refractivity contribution in [1.82, 2.24) is 5.32 Å². The zero-order valence-corrected chi connectivity index (χ0v) is 12.8. The molecule has 120 valence electrons. The minimum Gasteiger partial charge on any atom is -0.406 e. The smallest absolute Gasteiger partial charge is 0.406 e. The molecule has 0 aliphatic heterocycles. The minimum atomic E-state index is -4.64. The molecule has 0 aliphatic carbocycles. The Hall–Kier alpha value is -1.23. The van der Waals surface area contributed by atoms with Crippen molar-refractivity contribution in [2.75, 3.05) is 0 Å². The summed E-state index contributed by atoms with van der Waals surface area (Å²) in [5.74, 6) is -0.186. The van der Waals surface area contributed by atoms with Crippen LogP contribution < -0.4 is 10.1 Å². The molecule has 2 unspecified atom stereocenters. The van der Waals surface area contributed by atoms with E-state index < -0.39 is 6.36 Å². The van der Waals surface area contributed by atoms with Gasteiger partial charge in [0.2, 0.25) is 0 Å². The third-order valence-electron chi connectivity index (χ3n) is 3.39. The highest BCUT2D eigenvalue weighted by molar-refractivity contribution is 5.29. The van der Waals surface area contributed by atoms with Crippen molar-refractivity contribution in [3.8, 4) is 5.75 Å². The molecule has 2 atom stereocenters. The van der Waals surface area contributed by atoms with Gasteiger partial charge in [0.1, 0.15) is 5.75 Å². The maximum absolute atomic E-state index is 12.1. The molecular formula is C16H24F3NO. The number of alkyl halides is 3. The lowest BCUT2D eigenvalue weighted by molar-refractivity contribution is -0.274. The predicted molar refractivity (Wildman–Crippen MR) is 78.3 cm³/mol. The van der Waals surface area contributed by atoms with Crippen molar-refractivity contribution in [1.29, 1.82) is 0 Å². The van der Waals surface area contributed by atoms with Gasteiger partial charge in [-0.3, -0.25) is 0 Å². The first kappa shape index (κ1) is 17.8. The van der Waals surface area contributed by atoms with Crippen molar-refractivity contribution in [3.63, 3.8) is 0 Å². The van der Waals surface area contributed by atoms with Gasteiger partial charge in [-0.25, -0.2) is 0 Å². The molecule has 1 aromatic rings. The third-order valence-corrected chi connectivity index (χ3v) is 3.39. The van der Waals surface area contributed by atoms with E-state index in [4.69, 9.17) is 0 Å². The first-order valence-corrected chi connectivity index (χ1v) is 7.43. The topological polar surface area (TPSA) is 21.3 Å². The van der Waals surface area contributed by atoms with Crippen LogP contribution in [0.3, 0.4) is 0 Å². The van der Waals surface area contributed by atoms with Crippen molar-refractivity contribution < 1.29 is 17.9 Å². The average molecular weight is 303 g/mol. The molecule has 0 aliphatic rings. The Kier molecular flexibility index (Phi) is 7.02. The van der Waals surface area contributed by atoms with Crippen LogP contribution in [0.4, 0.5) is 13.2 Å². The van der Waals surface area contributed by atoms with Crippen molar-refractivity contribution in [2.45, 2.75) is 64.9 Å². The number of unbranched alkanes of at least 4 members (excludes halogenated alkanes) is 2. The standard InChI is InChI=1S/C16H24F3NO/c1-4-5-6-7-12(2)20-13(3)14-8-10-15(11-9-14)21-16(17,18)19/h8-13,20H,4-7H2,1-3H3. The molecule has 2 nitrogen and oxygen atoms in total. The fourth-order valence-electron chi connectivity index (χ4n) is 2.27. The molecule has 0 bridgehead atoms. The first-order chi connectivity index (χ1) is 9.81. The Morgan fingerprint density at radius 2 is 1.71 bits per heavy atom. The Balaban J connectivity index is 2.49. The maximum atomic E-state index is 12.1. The van der Waals surface area contributed by atoms with Crippen LogP contribution in [-0.2, 0) is 0 Å². The largest absolute Gasteiger partial charge is 0.573 e. The van der Waals surface area contributed by atoms with Crippen LogP contribution in [0.5, 0.6) is 5.75 Å². The quantitative estimate of drug-likeness (QED) is 0.666. The molecule has 0 amide bonds. The van der Waals surface area contributed by atoms with Crippen LogP contribution in [0.15, 0.2) is 24.3 Å². The fourth-order valence-corrected chi connectivity index (χ4v) is 2.27. The molecule has 0 saturated carbocycles. The van der Waals surface area contributed by atoms with Crippen molar-refractivity contribution >= 4 is 0 Å². The number of benzene rings is 1. The Labute approximate surface area is 124 Å². The van der Waals surface area contributed by atoms with Gasteiger partial charge in [-0.1, -0.05) is 38.3 Å². The lowest BCUT2D eigenvalue weighted by Gasteiger charge is -2.20. The highest BCUT2D eigenvalue weighted by Crippen LogP contribution is 2.24. The summed E-state index contributed by atoms with van der Waals surface area (Å²) in [6, 6.07) is 6.51. The number of nitrogens with one attached hydrogen (secondary N) is 1.